The number of imidazole rings is 1. The van der Waals surface area contributed by atoms with Crippen molar-refractivity contribution in [3.8, 4) is 0 Å². The lowest BCUT2D eigenvalue weighted by Crippen LogP contribution is -2.19. The van der Waals surface area contributed by atoms with Crippen LogP contribution in [0.5, 0.6) is 0 Å². The zero-order valence-corrected chi connectivity index (χ0v) is 12.0. The second-order valence-corrected chi connectivity index (χ2v) is 5.19. The first-order valence-electron chi connectivity index (χ1n) is 7.46. The molecule has 4 nitrogen and oxygen atoms in total. The Balaban J connectivity index is 1.74. The van der Waals surface area contributed by atoms with E-state index < -0.39 is 0 Å². The van der Waals surface area contributed by atoms with Crippen molar-refractivity contribution < 1.29 is 0 Å². The van der Waals surface area contributed by atoms with Crippen molar-refractivity contribution in [2.45, 2.75) is 32.9 Å². The number of para-hydroxylation sites is 2. The number of rotatable bonds is 5. The Kier molecular flexibility index (Phi) is 3.90. The molecule has 1 aromatic heterocycles. The zero-order chi connectivity index (χ0) is 13.8. The minimum Gasteiger partial charge on any atom is -0.376 e. The van der Waals surface area contributed by atoms with E-state index in [1.165, 1.54) is 37.3 Å². The molecule has 0 aliphatic carbocycles. The molecule has 1 aliphatic heterocycles. The molecule has 4 heteroatoms. The molecule has 0 bridgehead atoms. The topological polar surface area (TPSA) is 33.1 Å². The SMILES string of the molecule is CCn1ccnc1CNc1ccccc1N1CCCC1. The van der Waals surface area contributed by atoms with Crippen LogP contribution in [0.3, 0.4) is 0 Å². The number of aromatic nitrogens is 2. The van der Waals surface area contributed by atoms with E-state index in [2.05, 4.69) is 51.0 Å². The van der Waals surface area contributed by atoms with Crippen LogP contribution in [0.15, 0.2) is 36.7 Å². The summed E-state index contributed by atoms with van der Waals surface area (Å²) < 4.78 is 2.17. The fourth-order valence-electron chi connectivity index (χ4n) is 2.83. The second kappa shape index (κ2) is 5.99. The molecule has 0 saturated carbocycles. The van der Waals surface area contributed by atoms with E-state index in [1.807, 2.05) is 12.4 Å². The van der Waals surface area contributed by atoms with Crippen molar-refractivity contribution in [2.75, 3.05) is 23.3 Å². The van der Waals surface area contributed by atoms with Crippen LogP contribution < -0.4 is 10.2 Å². The van der Waals surface area contributed by atoms with Gasteiger partial charge in [0.15, 0.2) is 0 Å². The van der Waals surface area contributed by atoms with Crippen LogP contribution in [-0.4, -0.2) is 22.6 Å². The van der Waals surface area contributed by atoms with E-state index in [-0.39, 0.29) is 0 Å². The maximum Gasteiger partial charge on any atom is 0.128 e. The Morgan fingerprint density at radius 2 is 2.00 bits per heavy atom. The average Bonchev–Trinajstić information content (AvgIpc) is 3.16. The third-order valence-electron chi connectivity index (χ3n) is 3.93. The van der Waals surface area contributed by atoms with Crippen LogP contribution in [0.1, 0.15) is 25.6 Å². The van der Waals surface area contributed by atoms with Gasteiger partial charge < -0.3 is 14.8 Å². The molecule has 1 saturated heterocycles. The number of nitrogens with one attached hydrogen (secondary N) is 1. The summed E-state index contributed by atoms with van der Waals surface area (Å²) in [6.07, 6.45) is 6.50. The van der Waals surface area contributed by atoms with Crippen molar-refractivity contribution in [3.05, 3.63) is 42.5 Å². The Morgan fingerprint density at radius 3 is 2.80 bits per heavy atom. The third-order valence-corrected chi connectivity index (χ3v) is 3.93. The largest absolute Gasteiger partial charge is 0.376 e. The zero-order valence-electron chi connectivity index (χ0n) is 12.0. The standard InChI is InChI=1S/C16H22N4/c1-2-19-12-9-17-16(19)13-18-14-7-3-4-8-15(14)20-10-5-6-11-20/h3-4,7-9,12,18H,2,5-6,10-11,13H2,1H3. The molecule has 1 N–H and O–H groups in total. The fourth-order valence-corrected chi connectivity index (χ4v) is 2.83. The minimum atomic E-state index is 0.770. The van der Waals surface area contributed by atoms with E-state index >= 15 is 0 Å². The molecular weight excluding hydrogens is 248 g/mol. The van der Waals surface area contributed by atoms with Crippen molar-refractivity contribution in [1.29, 1.82) is 0 Å². The van der Waals surface area contributed by atoms with E-state index in [0.29, 0.717) is 0 Å². The van der Waals surface area contributed by atoms with Crippen LogP contribution >= 0.6 is 0 Å². The molecule has 0 unspecified atom stereocenters. The minimum absolute atomic E-state index is 0.770. The number of hydrogen-bond donors (Lipinski definition) is 1. The predicted octanol–water partition coefficient (Wildman–Crippen LogP) is 3.12. The van der Waals surface area contributed by atoms with Gasteiger partial charge in [0.25, 0.3) is 0 Å². The third kappa shape index (κ3) is 2.64. The van der Waals surface area contributed by atoms with Crippen LogP contribution in [0.2, 0.25) is 0 Å². The summed E-state index contributed by atoms with van der Waals surface area (Å²) in [5.74, 6) is 1.09. The quantitative estimate of drug-likeness (QED) is 0.906. The van der Waals surface area contributed by atoms with Crippen molar-refractivity contribution in [3.63, 3.8) is 0 Å². The summed E-state index contributed by atoms with van der Waals surface area (Å²) >= 11 is 0. The molecule has 2 aromatic rings. The van der Waals surface area contributed by atoms with E-state index in [1.54, 1.807) is 0 Å². The molecular formula is C16H22N4. The first-order chi connectivity index (χ1) is 9.88. The van der Waals surface area contributed by atoms with Gasteiger partial charge in [0.2, 0.25) is 0 Å². The molecule has 0 atom stereocenters. The molecule has 0 amide bonds. The maximum atomic E-state index is 4.42. The average molecular weight is 270 g/mol. The Labute approximate surface area is 120 Å². The van der Waals surface area contributed by atoms with Crippen LogP contribution in [0.4, 0.5) is 11.4 Å². The van der Waals surface area contributed by atoms with Crippen molar-refractivity contribution >= 4 is 11.4 Å². The van der Waals surface area contributed by atoms with Gasteiger partial charge in [-0.2, -0.15) is 0 Å². The van der Waals surface area contributed by atoms with Crippen LogP contribution in [0, 0.1) is 0 Å². The molecule has 0 radical (unpaired) electrons. The van der Waals surface area contributed by atoms with Gasteiger partial charge in [0.05, 0.1) is 17.9 Å². The highest BCUT2D eigenvalue weighted by Crippen LogP contribution is 2.28. The highest BCUT2D eigenvalue weighted by molar-refractivity contribution is 5.70. The first kappa shape index (κ1) is 13.0. The molecule has 20 heavy (non-hydrogen) atoms. The maximum absolute atomic E-state index is 4.42. The van der Waals surface area contributed by atoms with Gasteiger partial charge in [-0.3, -0.25) is 0 Å². The summed E-state index contributed by atoms with van der Waals surface area (Å²) in [5, 5.41) is 3.54. The number of aryl methyl sites for hydroxylation is 1. The molecule has 2 heterocycles. The predicted molar refractivity (Wildman–Crippen MR) is 83.1 cm³/mol. The number of anilines is 2. The lowest BCUT2D eigenvalue weighted by molar-refractivity contribution is 0.708. The summed E-state index contributed by atoms with van der Waals surface area (Å²) in [4.78, 5) is 6.88. The van der Waals surface area contributed by atoms with Crippen molar-refractivity contribution in [2.24, 2.45) is 0 Å². The highest BCUT2D eigenvalue weighted by Gasteiger charge is 2.15. The van der Waals surface area contributed by atoms with Crippen LogP contribution in [0.25, 0.3) is 0 Å². The summed E-state index contributed by atoms with van der Waals surface area (Å²) in [6, 6.07) is 8.58. The highest BCUT2D eigenvalue weighted by atomic mass is 15.2. The van der Waals surface area contributed by atoms with Crippen LogP contribution in [-0.2, 0) is 13.1 Å². The summed E-state index contributed by atoms with van der Waals surface area (Å²) in [5.41, 5.74) is 2.53. The normalized spacial score (nSPS) is 14.8. The summed E-state index contributed by atoms with van der Waals surface area (Å²) in [6.45, 7) is 6.21. The Morgan fingerprint density at radius 1 is 1.20 bits per heavy atom. The Hall–Kier alpha value is -1.97. The van der Waals surface area contributed by atoms with E-state index in [0.717, 1.165) is 18.9 Å². The van der Waals surface area contributed by atoms with Gasteiger partial charge in [-0.25, -0.2) is 4.98 Å². The van der Waals surface area contributed by atoms with Gasteiger partial charge in [0.1, 0.15) is 5.82 Å². The fraction of sp³-hybridized carbons (Fsp3) is 0.438. The van der Waals surface area contributed by atoms with E-state index in [4.69, 9.17) is 0 Å². The number of hydrogen-bond acceptors (Lipinski definition) is 3. The van der Waals surface area contributed by atoms with Gasteiger partial charge >= 0.3 is 0 Å². The second-order valence-electron chi connectivity index (χ2n) is 5.19. The molecule has 1 fully saturated rings. The lowest BCUT2D eigenvalue weighted by atomic mass is 10.2. The van der Waals surface area contributed by atoms with E-state index in [9.17, 15) is 0 Å². The monoisotopic (exact) mass is 270 g/mol. The van der Waals surface area contributed by atoms with Gasteiger partial charge in [-0.15, -0.1) is 0 Å². The molecule has 3 rings (SSSR count). The first-order valence-corrected chi connectivity index (χ1v) is 7.46. The van der Waals surface area contributed by atoms with Crippen molar-refractivity contribution in [1.82, 2.24) is 9.55 Å². The molecule has 106 valence electrons. The smallest absolute Gasteiger partial charge is 0.128 e. The van der Waals surface area contributed by atoms with Gasteiger partial charge in [0, 0.05) is 32.0 Å². The van der Waals surface area contributed by atoms with Gasteiger partial charge in [-0.05, 0) is 31.9 Å². The summed E-state index contributed by atoms with van der Waals surface area (Å²) in [7, 11) is 0. The lowest BCUT2D eigenvalue weighted by Gasteiger charge is -2.22. The Bertz CT molecular complexity index is 555. The van der Waals surface area contributed by atoms with Gasteiger partial charge in [-0.1, -0.05) is 12.1 Å². The molecule has 1 aromatic carbocycles. The number of nitrogens with zero attached hydrogens (tertiary/aromatic N) is 3. The molecule has 1 aliphatic rings. The molecule has 0 spiro atoms. The number of benzene rings is 1.